The molecule has 0 aliphatic carbocycles. The lowest BCUT2D eigenvalue weighted by molar-refractivity contribution is -0.0684. The molecule has 3 aliphatic rings. The van der Waals surface area contributed by atoms with Crippen LogP contribution in [-0.2, 0) is 9.47 Å². The van der Waals surface area contributed by atoms with E-state index in [1.807, 2.05) is 11.8 Å². The van der Waals surface area contributed by atoms with Crippen LogP contribution in [0.4, 0.5) is 4.79 Å². The summed E-state index contributed by atoms with van der Waals surface area (Å²) in [6, 6.07) is 0.589. The summed E-state index contributed by atoms with van der Waals surface area (Å²) in [5.41, 5.74) is 0.00877. The maximum Gasteiger partial charge on any atom is 0.315 e. The van der Waals surface area contributed by atoms with Crippen LogP contribution in [0.3, 0.4) is 0 Å². The van der Waals surface area contributed by atoms with E-state index in [0.29, 0.717) is 18.5 Å². The van der Waals surface area contributed by atoms with Crippen LogP contribution in [0.25, 0.3) is 0 Å². The Morgan fingerprint density at radius 2 is 2.12 bits per heavy atom. The normalized spacial score (nSPS) is 31.3. The van der Waals surface area contributed by atoms with Gasteiger partial charge in [0.2, 0.25) is 0 Å². The minimum Gasteiger partial charge on any atom is -0.379 e. The largest absolute Gasteiger partial charge is 0.379 e. The number of ether oxygens (including phenoxy) is 2. The molecule has 2 N–H and O–H groups in total. The van der Waals surface area contributed by atoms with Gasteiger partial charge in [0.1, 0.15) is 0 Å². The predicted octanol–water partition coefficient (Wildman–Crippen LogP) is 2.09. The lowest BCUT2D eigenvalue weighted by atomic mass is 9.90. The molecule has 1 spiro atoms. The number of nitrogens with one attached hydrogen (secondary N) is 2. The lowest BCUT2D eigenvalue weighted by Crippen LogP contribution is -2.54. The molecule has 6 nitrogen and oxygen atoms in total. The van der Waals surface area contributed by atoms with Crippen molar-refractivity contribution in [2.24, 2.45) is 5.92 Å². The Bertz CT molecular complexity index is 451. The molecular weight excluding hydrogens is 350 g/mol. The van der Waals surface area contributed by atoms with Gasteiger partial charge in [-0.3, -0.25) is 4.90 Å². The van der Waals surface area contributed by atoms with E-state index in [1.54, 1.807) is 0 Å². The van der Waals surface area contributed by atoms with Crippen molar-refractivity contribution < 1.29 is 14.3 Å². The smallest absolute Gasteiger partial charge is 0.315 e. The third-order valence-electron chi connectivity index (χ3n) is 5.70. The first kappa shape index (κ1) is 20.2. The number of morpholine rings is 1. The maximum atomic E-state index is 12.5. The van der Waals surface area contributed by atoms with Crippen LogP contribution in [0.15, 0.2) is 0 Å². The van der Waals surface area contributed by atoms with Gasteiger partial charge in [0.15, 0.2) is 0 Å². The molecule has 0 radical (unpaired) electrons. The first-order valence-electron chi connectivity index (χ1n) is 10.1. The van der Waals surface area contributed by atoms with Gasteiger partial charge in [0, 0.05) is 44.1 Å². The number of urea groups is 1. The molecule has 0 aromatic rings. The monoisotopic (exact) mass is 385 g/mol. The number of rotatable bonds is 6. The van der Waals surface area contributed by atoms with Crippen molar-refractivity contribution in [1.82, 2.24) is 15.5 Å². The summed E-state index contributed by atoms with van der Waals surface area (Å²) in [5, 5.41) is 6.33. The number of hydrogen-bond donors (Lipinski definition) is 2. The number of carbonyl (C=O) groups is 1. The summed E-state index contributed by atoms with van der Waals surface area (Å²) in [6.45, 7) is 9.46. The Hall–Kier alpha value is -0.500. The highest BCUT2D eigenvalue weighted by molar-refractivity contribution is 7.99. The molecule has 0 aromatic heterocycles. The van der Waals surface area contributed by atoms with Gasteiger partial charge >= 0.3 is 6.03 Å². The third-order valence-corrected chi connectivity index (χ3v) is 6.92. The van der Waals surface area contributed by atoms with Crippen molar-refractivity contribution in [1.29, 1.82) is 0 Å². The predicted molar refractivity (Wildman–Crippen MR) is 106 cm³/mol. The van der Waals surface area contributed by atoms with Gasteiger partial charge in [0.05, 0.1) is 18.8 Å². The highest BCUT2D eigenvalue weighted by atomic mass is 32.2. The van der Waals surface area contributed by atoms with E-state index in [1.165, 1.54) is 5.75 Å². The molecule has 3 fully saturated rings. The van der Waals surface area contributed by atoms with E-state index in [0.717, 1.165) is 64.3 Å². The number of hydrogen-bond acceptors (Lipinski definition) is 5. The van der Waals surface area contributed by atoms with Crippen LogP contribution in [0.2, 0.25) is 0 Å². The molecule has 26 heavy (non-hydrogen) atoms. The Balaban J connectivity index is 1.45. The van der Waals surface area contributed by atoms with Crippen molar-refractivity contribution in [3.8, 4) is 0 Å². The highest BCUT2D eigenvalue weighted by Gasteiger charge is 2.40. The second-order valence-corrected chi connectivity index (χ2v) is 9.42. The van der Waals surface area contributed by atoms with Crippen LogP contribution < -0.4 is 10.6 Å². The first-order valence-corrected chi connectivity index (χ1v) is 11.3. The SMILES string of the molecule is CC(C)CC(CNC(=O)NC1CCOC2(CCSC2)C1)N1CCOCC1. The number of thioether (sulfide) groups is 1. The van der Waals surface area contributed by atoms with E-state index in [2.05, 4.69) is 29.4 Å². The van der Waals surface area contributed by atoms with E-state index < -0.39 is 0 Å². The van der Waals surface area contributed by atoms with Gasteiger partial charge in [-0.25, -0.2) is 4.79 Å². The van der Waals surface area contributed by atoms with Crippen LogP contribution in [0.5, 0.6) is 0 Å². The zero-order chi connectivity index (χ0) is 18.4. The summed E-state index contributed by atoms with van der Waals surface area (Å²) in [7, 11) is 0. The number of carbonyl (C=O) groups excluding carboxylic acids is 1. The average molecular weight is 386 g/mol. The fourth-order valence-corrected chi connectivity index (χ4v) is 5.69. The Morgan fingerprint density at radius 1 is 1.31 bits per heavy atom. The second kappa shape index (κ2) is 9.62. The topological polar surface area (TPSA) is 62.8 Å². The van der Waals surface area contributed by atoms with Gasteiger partial charge in [-0.2, -0.15) is 11.8 Å². The molecule has 7 heteroatoms. The van der Waals surface area contributed by atoms with Crippen molar-refractivity contribution in [2.45, 2.75) is 57.2 Å². The molecule has 3 heterocycles. The van der Waals surface area contributed by atoms with E-state index in [4.69, 9.17) is 9.47 Å². The average Bonchev–Trinajstić information content (AvgIpc) is 3.06. The Morgan fingerprint density at radius 3 is 2.81 bits per heavy atom. The van der Waals surface area contributed by atoms with Gasteiger partial charge in [0.25, 0.3) is 0 Å². The van der Waals surface area contributed by atoms with Crippen LogP contribution in [0, 0.1) is 5.92 Å². The fraction of sp³-hybridized carbons (Fsp3) is 0.947. The second-order valence-electron chi connectivity index (χ2n) is 8.31. The minimum absolute atomic E-state index is 0.00877. The molecule has 3 aliphatic heterocycles. The molecule has 0 saturated carbocycles. The lowest BCUT2D eigenvalue weighted by Gasteiger charge is -2.38. The van der Waals surface area contributed by atoms with Crippen molar-refractivity contribution in [3.63, 3.8) is 0 Å². The van der Waals surface area contributed by atoms with E-state index >= 15 is 0 Å². The molecular formula is C19H35N3O3S. The molecule has 3 unspecified atom stereocenters. The Kier molecular flexibility index (Phi) is 7.49. The Labute approximate surface area is 162 Å². The van der Waals surface area contributed by atoms with Gasteiger partial charge in [-0.15, -0.1) is 0 Å². The molecule has 0 aromatic carbocycles. The van der Waals surface area contributed by atoms with Crippen molar-refractivity contribution in [2.75, 3.05) is 51.0 Å². The molecule has 150 valence electrons. The van der Waals surface area contributed by atoms with Crippen molar-refractivity contribution >= 4 is 17.8 Å². The molecule has 2 amide bonds. The molecule has 3 atom stereocenters. The third kappa shape index (κ3) is 5.75. The summed E-state index contributed by atoms with van der Waals surface area (Å²) < 4.78 is 11.5. The van der Waals surface area contributed by atoms with Gasteiger partial charge < -0.3 is 20.1 Å². The minimum atomic E-state index is -0.0280. The highest BCUT2D eigenvalue weighted by Crippen LogP contribution is 2.38. The van der Waals surface area contributed by atoms with E-state index in [-0.39, 0.29) is 17.7 Å². The van der Waals surface area contributed by atoms with Crippen LogP contribution in [0.1, 0.15) is 39.5 Å². The zero-order valence-electron chi connectivity index (χ0n) is 16.3. The van der Waals surface area contributed by atoms with Gasteiger partial charge in [-0.1, -0.05) is 13.8 Å². The summed E-state index contributed by atoms with van der Waals surface area (Å²) in [4.78, 5) is 14.9. The number of nitrogens with zero attached hydrogens (tertiary/aromatic N) is 1. The quantitative estimate of drug-likeness (QED) is 0.733. The van der Waals surface area contributed by atoms with Crippen molar-refractivity contribution in [3.05, 3.63) is 0 Å². The molecule has 3 rings (SSSR count). The van der Waals surface area contributed by atoms with E-state index in [9.17, 15) is 4.79 Å². The summed E-state index contributed by atoms with van der Waals surface area (Å²) in [6.07, 6.45) is 4.08. The standard InChI is InChI=1S/C19H35N3O3S/c1-15(2)11-17(22-5-8-24-9-6-22)13-20-18(23)21-16-3-7-25-19(12-16)4-10-26-14-19/h15-17H,3-14H2,1-2H3,(H2,20,21,23). The fourth-order valence-electron chi connectivity index (χ4n) is 4.31. The number of amides is 2. The summed E-state index contributed by atoms with van der Waals surface area (Å²) >= 11 is 1.97. The maximum absolute atomic E-state index is 12.5. The summed E-state index contributed by atoms with van der Waals surface area (Å²) in [5.74, 6) is 2.86. The first-order chi connectivity index (χ1) is 12.6. The molecule has 3 saturated heterocycles. The van der Waals surface area contributed by atoms with Crippen LogP contribution in [-0.4, -0.2) is 79.6 Å². The zero-order valence-corrected chi connectivity index (χ0v) is 17.1. The van der Waals surface area contributed by atoms with Gasteiger partial charge in [-0.05, 0) is 37.4 Å². The van der Waals surface area contributed by atoms with Crippen LogP contribution >= 0.6 is 11.8 Å². The molecule has 0 bridgehead atoms.